The molecule has 1 saturated heterocycles. The Balaban J connectivity index is 1.68. The lowest BCUT2D eigenvalue weighted by molar-refractivity contribution is 0.0872. The molecule has 3 heterocycles. The number of nitrogens with zero attached hydrogens (tertiary/aromatic N) is 3. The minimum atomic E-state index is 0.419. The fourth-order valence-corrected chi connectivity index (χ4v) is 3.36. The van der Waals surface area contributed by atoms with Gasteiger partial charge in [-0.15, -0.1) is 11.3 Å². The summed E-state index contributed by atoms with van der Waals surface area (Å²) < 4.78 is 5.39. The highest BCUT2D eigenvalue weighted by Crippen LogP contribution is 2.25. The maximum absolute atomic E-state index is 5.89. The number of furan rings is 1. The van der Waals surface area contributed by atoms with Crippen molar-refractivity contribution in [2.24, 2.45) is 5.73 Å². The molecule has 0 radical (unpaired) electrons. The van der Waals surface area contributed by atoms with Crippen molar-refractivity contribution in [1.29, 1.82) is 0 Å². The molecule has 0 aromatic carbocycles. The number of hydrogen-bond donors (Lipinski definition) is 1. The van der Waals surface area contributed by atoms with E-state index in [0.717, 1.165) is 42.6 Å². The van der Waals surface area contributed by atoms with Crippen molar-refractivity contribution >= 4 is 11.3 Å². The highest BCUT2D eigenvalue weighted by molar-refractivity contribution is 7.13. The first-order valence-electron chi connectivity index (χ1n) is 6.87. The Morgan fingerprint density at radius 1 is 1.50 bits per heavy atom. The first-order valence-corrected chi connectivity index (χ1v) is 7.75. The number of likely N-dealkylation sites (N-methyl/N-ethyl adjacent to an activating group) is 1. The molecular weight excluding hydrogens is 272 g/mol. The molecular formula is C14H20N4OS. The zero-order valence-corrected chi connectivity index (χ0v) is 12.5. The third kappa shape index (κ3) is 2.93. The molecule has 1 aliphatic rings. The van der Waals surface area contributed by atoms with E-state index in [1.165, 1.54) is 0 Å². The smallest absolute Gasteiger partial charge is 0.162 e. The fraction of sp³-hybridized carbons (Fsp3) is 0.500. The van der Waals surface area contributed by atoms with Gasteiger partial charge in [-0.2, -0.15) is 0 Å². The average molecular weight is 292 g/mol. The summed E-state index contributed by atoms with van der Waals surface area (Å²) in [7, 11) is 2.15. The summed E-state index contributed by atoms with van der Waals surface area (Å²) in [6, 6.07) is 4.25. The lowest BCUT2D eigenvalue weighted by atomic mass is 10.1. The van der Waals surface area contributed by atoms with E-state index >= 15 is 0 Å². The van der Waals surface area contributed by atoms with Gasteiger partial charge in [0, 0.05) is 44.1 Å². The second-order valence-corrected chi connectivity index (χ2v) is 6.10. The second kappa shape index (κ2) is 6.05. The molecule has 5 nitrogen and oxygen atoms in total. The quantitative estimate of drug-likeness (QED) is 0.925. The monoisotopic (exact) mass is 292 g/mol. The van der Waals surface area contributed by atoms with Gasteiger partial charge in [0.05, 0.1) is 12.0 Å². The lowest BCUT2D eigenvalue weighted by Crippen LogP contribution is -2.54. The summed E-state index contributed by atoms with van der Waals surface area (Å²) >= 11 is 1.63. The minimum Gasteiger partial charge on any atom is -0.462 e. The van der Waals surface area contributed by atoms with Crippen LogP contribution in [0.4, 0.5) is 0 Å². The number of piperazine rings is 1. The molecule has 2 N–H and O–H groups in total. The molecule has 1 unspecified atom stereocenters. The third-order valence-corrected chi connectivity index (χ3v) is 4.63. The van der Waals surface area contributed by atoms with Gasteiger partial charge in [-0.05, 0) is 19.2 Å². The molecule has 0 saturated carbocycles. The molecule has 6 heteroatoms. The van der Waals surface area contributed by atoms with Gasteiger partial charge in [0.1, 0.15) is 0 Å². The van der Waals surface area contributed by atoms with Crippen molar-refractivity contribution < 1.29 is 4.42 Å². The molecule has 0 aliphatic carbocycles. The maximum atomic E-state index is 5.89. The number of hydrogen-bond acceptors (Lipinski definition) is 6. The Morgan fingerprint density at radius 3 is 3.15 bits per heavy atom. The molecule has 2 aromatic rings. The number of nitrogens with two attached hydrogens (primary N) is 1. The van der Waals surface area contributed by atoms with Gasteiger partial charge in [-0.3, -0.25) is 4.90 Å². The van der Waals surface area contributed by atoms with Gasteiger partial charge in [-0.1, -0.05) is 0 Å². The van der Waals surface area contributed by atoms with E-state index in [4.69, 9.17) is 10.2 Å². The molecule has 1 fully saturated rings. The van der Waals surface area contributed by atoms with Crippen LogP contribution >= 0.6 is 11.3 Å². The topological polar surface area (TPSA) is 58.5 Å². The molecule has 2 aromatic heterocycles. The molecule has 0 amide bonds. The largest absolute Gasteiger partial charge is 0.462 e. The van der Waals surface area contributed by atoms with Gasteiger partial charge >= 0.3 is 0 Å². The van der Waals surface area contributed by atoms with Crippen LogP contribution in [0.15, 0.2) is 28.2 Å². The van der Waals surface area contributed by atoms with Gasteiger partial charge in [-0.25, -0.2) is 4.98 Å². The van der Waals surface area contributed by atoms with Crippen LogP contribution in [0.1, 0.15) is 5.69 Å². The van der Waals surface area contributed by atoms with Crippen molar-refractivity contribution in [3.05, 3.63) is 29.5 Å². The predicted molar refractivity (Wildman–Crippen MR) is 80.6 cm³/mol. The summed E-state index contributed by atoms with van der Waals surface area (Å²) in [4.78, 5) is 9.43. The van der Waals surface area contributed by atoms with E-state index in [1.54, 1.807) is 17.6 Å². The van der Waals surface area contributed by atoms with Gasteiger partial charge in [0.2, 0.25) is 0 Å². The van der Waals surface area contributed by atoms with Crippen molar-refractivity contribution in [1.82, 2.24) is 14.8 Å². The molecule has 1 aliphatic heterocycles. The van der Waals surface area contributed by atoms with E-state index in [2.05, 4.69) is 27.2 Å². The predicted octanol–water partition coefficient (Wildman–Crippen LogP) is 1.48. The van der Waals surface area contributed by atoms with Crippen LogP contribution in [-0.4, -0.2) is 54.1 Å². The van der Waals surface area contributed by atoms with Crippen LogP contribution < -0.4 is 5.73 Å². The number of aromatic nitrogens is 1. The van der Waals surface area contributed by atoms with E-state index in [-0.39, 0.29) is 0 Å². The van der Waals surface area contributed by atoms with Crippen molar-refractivity contribution in [3.8, 4) is 10.8 Å². The van der Waals surface area contributed by atoms with E-state index in [9.17, 15) is 0 Å². The summed E-state index contributed by atoms with van der Waals surface area (Å²) in [5.41, 5.74) is 6.99. The average Bonchev–Trinajstić information content (AvgIpc) is 3.11. The Morgan fingerprint density at radius 2 is 2.40 bits per heavy atom. The minimum absolute atomic E-state index is 0.419. The normalized spacial score (nSPS) is 21.4. The van der Waals surface area contributed by atoms with Crippen LogP contribution in [0.5, 0.6) is 0 Å². The first kappa shape index (κ1) is 13.8. The zero-order chi connectivity index (χ0) is 13.9. The molecule has 0 spiro atoms. The zero-order valence-electron chi connectivity index (χ0n) is 11.7. The Hall–Kier alpha value is -1.21. The SMILES string of the molecule is CN1CCN(Cc2csc(-c3ccco3)n2)C(CN)C1. The lowest BCUT2D eigenvalue weighted by Gasteiger charge is -2.39. The third-order valence-electron chi connectivity index (χ3n) is 3.73. The summed E-state index contributed by atoms with van der Waals surface area (Å²) in [5, 5.41) is 3.06. The second-order valence-electron chi connectivity index (χ2n) is 5.24. The van der Waals surface area contributed by atoms with E-state index in [1.807, 2.05) is 12.1 Å². The van der Waals surface area contributed by atoms with Crippen LogP contribution in [0.25, 0.3) is 10.8 Å². The standard InChI is InChI=1S/C14H20N4OS/c1-17-4-5-18(12(7-15)9-17)8-11-10-20-14(16-11)13-3-2-6-19-13/h2-3,6,10,12H,4-5,7-9,15H2,1H3. The number of thiazole rings is 1. The Kier molecular flexibility index (Phi) is 4.16. The molecule has 108 valence electrons. The molecule has 20 heavy (non-hydrogen) atoms. The first-order chi connectivity index (χ1) is 9.76. The van der Waals surface area contributed by atoms with Crippen molar-refractivity contribution in [3.63, 3.8) is 0 Å². The van der Waals surface area contributed by atoms with E-state index in [0.29, 0.717) is 12.6 Å². The molecule has 1 atom stereocenters. The van der Waals surface area contributed by atoms with Crippen molar-refractivity contribution in [2.45, 2.75) is 12.6 Å². The van der Waals surface area contributed by atoms with Gasteiger partial charge in [0.15, 0.2) is 10.8 Å². The summed E-state index contributed by atoms with van der Waals surface area (Å²) in [5.74, 6) is 0.843. The summed E-state index contributed by atoms with van der Waals surface area (Å²) in [6.45, 7) is 4.73. The van der Waals surface area contributed by atoms with Crippen LogP contribution in [0, 0.1) is 0 Å². The van der Waals surface area contributed by atoms with Gasteiger partial charge < -0.3 is 15.1 Å². The van der Waals surface area contributed by atoms with E-state index < -0.39 is 0 Å². The number of rotatable bonds is 4. The highest BCUT2D eigenvalue weighted by Gasteiger charge is 2.24. The van der Waals surface area contributed by atoms with Crippen LogP contribution in [0.3, 0.4) is 0 Å². The maximum Gasteiger partial charge on any atom is 0.162 e. The highest BCUT2D eigenvalue weighted by atomic mass is 32.1. The van der Waals surface area contributed by atoms with Crippen LogP contribution in [0.2, 0.25) is 0 Å². The molecule has 0 bridgehead atoms. The summed E-state index contributed by atoms with van der Waals surface area (Å²) in [6.07, 6.45) is 1.68. The fourth-order valence-electron chi connectivity index (χ4n) is 2.58. The Bertz CT molecular complexity index is 539. The van der Waals surface area contributed by atoms with Crippen molar-refractivity contribution in [2.75, 3.05) is 33.2 Å². The Labute approximate surface area is 123 Å². The molecule has 3 rings (SSSR count). The van der Waals surface area contributed by atoms with Gasteiger partial charge in [0.25, 0.3) is 0 Å². The van der Waals surface area contributed by atoms with Crippen LogP contribution in [-0.2, 0) is 6.54 Å².